The highest BCUT2D eigenvalue weighted by molar-refractivity contribution is 5.35. The van der Waals surface area contributed by atoms with Gasteiger partial charge in [-0.25, -0.2) is 0 Å². The molecule has 1 atom stereocenters. The summed E-state index contributed by atoms with van der Waals surface area (Å²) in [6.07, 6.45) is -1.22. The lowest BCUT2D eigenvalue weighted by Gasteiger charge is -2.35. The second-order valence-corrected chi connectivity index (χ2v) is 5.59. The van der Waals surface area contributed by atoms with Crippen molar-refractivity contribution < 1.29 is 17.9 Å². The Morgan fingerprint density at radius 2 is 1.54 bits per heavy atom. The molecular formula is C17H18F3N3O. The summed E-state index contributed by atoms with van der Waals surface area (Å²) in [6.45, 7) is 3.51. The predicted octanol–water partition coefficient (Wildman–Crippen LogP) is 2.97. The van der Waals surface area contributed by atoms with Crippen LogP contribution in [0.5, 0.6) is 5.75 Å². The van der Waals surface area contributed by atoms with E-state index in [0.717, 1.165) is 37.3 Å². The third-order valence-electron chi connectivity index (χ3n) is 3.97. The molecule has 24 heavy (non-hydrogen) atoms. The number of rotatable bonds is 4. The lowest BCUT2D eigenvalue weighted by Crippen LogP contribution is -2.45. The number of pyridine rings is 1. The molecule has 0 aliphatic carbocycles. The highest BCUT2D eigenvalue weighted by atomic mass is 19.4. The molecule has 1 aliphatic heterocycles. The number of hydrogen-bond donors (Lipinski definition) is 1. The standard InChI is InChI=1S/C17H18F3N3O/c18-17(19,20)24-15-3-1-13(2-4-15)16(14-5-7-21-8-6-14)23-11-9-22-10-12-23/h1-8,16,22H,9-12H2/t16-/m1/s1. The first kappa shape index (κ1) is 16.7. The Hall–Kier alpha value is -2.12. The van der Waals surface area contributed by atoms with Gasteiger partial charge in [-0.15, -0.1) is 13.2 Å². The van der Waals surface area contributed by atoms with E-state index in [2.05, 4.69) is 19.9 Å². The highest BCUT2D eigenvalue weighted by Crippen LogP contribution is 2.31. The van der Waals surface area contributed by atoms with Crippen molar-refractivity contribution in [2.45, 2.75) is 12.4 Å². The van der Waals surface area contributed by atoms with E-state index in [1.54, 1.807) is 24.5 Å². The van der Waals surface area contributed by atoms with Gasteiger partial charge >= 0.3 is 6.36 Å². The monoisotopic (exact) mass is 337 g/mol. The van der Waals surface area contributed by atoms with Gasteiger partial charge in [0.05, 0.1) is 6.04 Å². The zero-order valence-electron chi connectivity index (χ0n) is 13.0. The molecule has 7 heteroatoms. The second kappa shape index (κ2) is 7.19. The van der Waals surface area contributed by atoms with Gasteiger partial charge in [-0.2, -0.15) is 0 Å². The fraction of sp³-hybridized carbons (Fsp3) is 0.353. The van der Waals surface area contributed by atoms with Crippen molar-refractivity contribution in [3.63, 3.8) is 0 Å². The molecule has 128 valence electrons. The van der Waals surface area contributed by atoms with Crippen molar-refractivity contribution in [2.24, 2.45) is 0 Å². The van der Waals surface area contributed by atoms with Crippen molar-refractivity contribution in [2.75, 3.05) is 26.2 Å². The van der Waals surface area contributed by atoms with E-state index in [-0.39, 0.29) is 11.8 Å². The summed E-state index contributed by atoms with van der Waals surface area (Å²) >= 11 is 0. The lowest BCUT2D eigenvalue weighted by molar-refractivity contribution is -0.274. The van der Waals surface area contributed by atoms with Crippen LogP contribution in [-0.4, -0.2) is 42.4 Å². The average Bonchev–Trinajstić information content (AvgIpc) is 2.57. The van der Waals surface area contributed by atoms with Gasteiger partial charge in [-0.3, -0.25) is 9.88 Å². The van der Waals surface area contributed by atoms with E-state index in [1.165, 1.54) is 12.1 Å². The molecule has 1 aliphatic rings. The van der Waals surface area contributed by atoms with Crippen LogP contribution in [0.25, 0.3) is 0 Å². The maximum atomic E-state index is 12.3. The Balaban J connectivity index is 1.87. The summed E-state index contributed by atoms with van der Waals surface area (Å²) < 4.78 is 40.9. The molecule has 0 amide bonds. The minimum atomic E-state index is -4.68. The maximum absolute atomic E-state index is 12.3. The third kappa shape index (κ3) is 4.24. The second-order valence-electron chi connectivity index (χ2n) is 5.59. The van der Waals surface area contributed by atoms with Crippen molar-refractivity contribution >= 4 is 0 Å². The van der Waals surface area contributed by atoms with Crippen LogP contribution in [0, 0.1) is 0 Å². The highest BCUT2D eigenvalue weighted by Gasteiger charge is 2.31. The maximum Gasteiger partial charge on any atom is 0.573 e. The number of halogens is 3. The molecular weight excluding hydrogens is 319 g/mol. The molecule has 2 heterocycles. The predicted molar refractivity (Wildman–Crippen MR) is 83.6 cm³/mol. The van der Waals surface area contributed by atoms with Crippen molar-refractivity contribution in [1.29, 1.82) is 0 Å². The van der Waals surface area contributed by atoms with Crippen LogP contribution in [0.15, 0.2) is 48.8 Å². The number of benzene rings is 1. The van der Waals surface area contributed by atoms with Crippen LogP contribution in [0.4, 0.5) is 13.2 Å². The molecule has 1 aromatic heterocycles. The lowest BCUT2D eigenvalue weighted by atomic mass is 9.97. The molecule has 4 nitrogen and oxygen atoms in total. The Morgan fingerprint density at radius 1 is 0.958 bits per heavy atom. The molecule has 0 radical (unpaired) electrons. The Bertz CT molecular complexity index is 640. The molecule has 1 aromatic carbocycles. The van der Waals surface area contributed by atoms with E-state index in [9.17, 15) is 13.2 Å². The van der Waals surface area contributed by atoms with E-state index in [1.807, 2.05) is 12.1 Å². The number of alkyl halides is 3. The van der Waals surface area contributed by atoms with Crippen LogP contribution in [0.2, 0.25) is 0 Å². The molecule has 3 rings (SSSR count). The molecule has 0 bridgehead atoms. The normalized spacial score (nSPS) is 17.5. The fourth-order valence-electron chi connectivity index (χ4n) is 2.95. The number of piperazine rings is 1. The first-order valence-corrected chi connectivity index (χ1v) is 7.73. The Morgan fingerprint density at radius 3 is 2.12 bits per heavy atom. The molecule has 0 saturated carbocycles. The van der Waals surface area contributed by atoms with Crippen LogP contribution in [0.3, 0.4) is 0 Å². The number of nitrogens with zero attached hydrogens (tertiary/aromatic N) is 2. The molecule has 0 spiro atoms. The summed E-state index contributed by atoms with van der Waals surface area (Å²) in [5, 5.41) is 3.31. The molecule has 0 unspecified atom stereocenters. The van der Waals surface area contributed by atoms with Crippen LogP contribution in [0.1, 0.15) is 17.2 Å². The van der Waals surface area contributed by atoms with Crippen LogP contribution in [-0.2, 0) is 0 Å². The van der Waals surface area contributed by atoms with Gasteiger partial charge in [-0.1, -0.05) is 12.1 Å². The minimum absolute atomic E-state index is 0.0185. The molecule has 1 fully saturated rings. The number of nitrogens with one attached hydrogen (secondary N) is 1. The number of hydrogen-bond acceptors (Lipinski definition) is 4. The molecule has 2 aromatic rings. The van der Waals surface area contributed by atoms with E-state index in [0.29, 0.717) is 0 Å². The zero-order valence-corrected chi connectivity index (χ0v) is 13.0. The van der Waals surface area contributed by atoms with Crippen molar-refractivity contribution in [1.82, 2.24) is 15.2 Å². The van der Waals surface area contributed by atoms with Gasteiger partial charge in [-0.05, 0) is 35.4 Å². The van der Waals surface area contributed by atoms with Crippen molar-refractivity contribution in [3.8, 4) is 5.75 Å². The van der Waals surface area contributed by atoms with Gasteiger partial charge in [0.2, 0.25) is 0 Å². The van der Waals surface area contributed by atoms with Gasteiger partial charge in [0.25, 0.3) is 0 Å². The molecule has 1 saturated heterocycles. The number of aromatic nitrogens is 1. The van der Waals surface area contributed by atoms with Crippen LogP contribution >= 0.6 is 0 Å². The average molecular weight is 337 g/mol. The summed E-state index contributed by atoms with van der Waals surface area (Å²) in [5.74, 6) is -0.208. The van der Waals surface area contributed by atoms with Gasteiger partial charge in [0.15, 0.2) is 0 Å². The summed E-state index contributed by atoms with van der Waals surface area (Å²) in [5.41, 5.74) is 1.99. The quantitative estimate of drug-likeness (QED) is 0.931. The topological polar surface area (TPSA) is 37.4 Å². The van der Waals surface area contributed by atoms with Gasteiger partial charge < -0.3 is 10.1 Å². The fourth-order valence-corrected chi connectivity index (χ4v) is 2.95. The van der Waals surface area contributed by atoms with Crippen LogP contribution < -0.4 is 10.1 Å². The Kier molecular flexibility index (Phi) is 5.01. The van der Waals surface area contributed by atoms with E-state index in [4.69, 9.17) is 0 Å². The minimum Gasteiger partial charge on any atom is -0.406 e. The van der Waals surface area contributed by atoms with E-state index >= 15 is 0 Å². The van der Waals surface area contributed by atoms with Gasteiger partial charge in [0.1, 0.15) is 5.75 Å². The number of ether oxygens (including phenoxy) is 1. The van der Waals surface area contributed by atoms with E-state index < -0.39 is 6.36 Å². The SMILES string of the molecule is FC(F)(F)Oc1ccc([C@H](c2ccncc2)N2CCNCC2)cc1. The summed E-state index contributed by atoms with van der Waals surface area (Å²) in [6, 6.07) is 9.95. The first-order chi connectivity index (χ1) is 11.5. The molecule has 1 N–H and O–H groups in total. The zero-order chi connectivity index (χ0) is 17.0. The van der Waals surface area contributed by atoms with Gasteiger partial charge in [0, 0.05) is 38.6 Å². The largest absolute Gasteiger partial charge is 0.573 e. The Labute approximate surface area is 138 Å². The summed E-state index contributed by atoms with van der Waals surface area (Å²) in [7, 11) is 0. The third-order valence-corrected chi connectivity index (χ3v) is 3.97. The van der Waals surface area contributed by atoms with Crippen molar-refractivity contribution in [3.05, 3.63) is 59.9 Å². The first-order valence-electron chi connectivity index (χ1n) is 7.73. The smallest absolute Gasteiger partial charge is 0.406 e. The summed E-state index contributed by atoms with van der Waals surface area (Å²) in [4.78, 5) is 6.36.